The number of carbonyl (C=O) groups excluding carboxylic acids is 1. The van der Waals surface area contributed by atoms with Gasteiger partial charge in [0.25, 0.3) is 0 Å². The highest BCUT2D eigenvalue weighted by Crippen LogP contribution is 2.45. The molecule has 1 saturated carbocycles. The van der Waals surface area contributed by atoms with Gasteiger partial charge in [-0.15, -0.1) is 0 Å². The summed E-state index contributed by atoms with van der Waals surface area (Å²) in [7, 11) is 1.66. The van der Waals surface area contributed by atoms with Crippen LogP contribution in [-0.2, 0) is 0 Å². The number of rotatable bonds is 1. The molecule has 2 aliphatic rings. The fraction of sp³-hybridized carbons (Fsp3) is 0.533. The number of nitrogens with one attached hydrogen (secondary N) is 1. The van der Waals surface area contributed by atoms with E-state index in [1.807, 2.05) is 13.8 Å². The standard InChI is InChI=1S/C15H19NO2/c1-9-7-11-13(10(2)14(9)18-3)12(17)8-15(16-11)5-4-6-15/h7,16H,4-6,8H2,1-3H3. The van der Waals surface area contributed by atoms with Gasteiger partial charge in [0, 0.05) is 28.8 Å². The molecule has 0 radical (unpaired) electrons. The molecule has 0 bridgehead atoms. The summed E-state index contributed by atoms with van der Waals surface area (Å²) in [5.74, 6) is 1.10. The molecule has 1 aromatic carbocycles. The molecule has 1 aromatic rings. The van der Waals surface area contributed by atoms with Crippen molar-refractivity contribution in [1.29, 1.82) is 0 Å². The summed E-state index contributed by atoms with van der Waals surface area (Å²) in [6.07, 6.45) is 4.08. The maximum absolute atomic E-state index is 12.4. The Labute approximate surface area is 108 Å². The zero-order valence-electron chi connectivity index (χ0n) is 11.2. The van der Waals surface area contributed by atoms with E-state index < -0.39 is 0 Å². The van der Waals surface area contributed by atoms with E-state index in [4.69, 9.17) is 4.74 Å². The number of carbonyl (C=O) groups is 1. The van der Waals surface area contributed by atoms with Crippen molar-refractivity contribution < 1.29 is 9.53 Å². The summed E-state index contributed by atoms with van der Waals surface area (Å²) >= 11 is 0. The Hall–Kier alpha value is -1.51. The smallest absolute Gasteiger partial charge is 0.167 e. The highest BCUT2D eigenvalue weighted by Gasteiger charge is 2.43. The Bertz CT molecular complexity index is 530. The van der Waals surface area contributed by atoms with E-state index in [0.29, 0.717) is 6.42 Å². The maximum Gasteiger partial charge on any atom is 0.167 e. The second kappa shape index (κ2) is 3.74. The van der Waals surface area contributed by atoms with Crippen LogP contribution in [0, 0.1) is 13.8 Å². The molecule has 1 aliphatic heterocycles. The van der Waals surface area contributed by atoms with Crippen molar-refractivity contribution in [1.82, 2.24) is 0 Å². The predicted octanol–water partition coefficient (Wildman–Crippen LogP) is 3.23. The maximum atomic E-state index is 12.4. The van der Waals surface area contributed by atoms with Crippen LogP contribution in [0.15, 0.2) is 6.07 Å². The predicted molar refractivity (Wildman–Crippen MR) is 71.6 cm³/mol. The summed E-state index contributed by atoms with van der Waals surface area (Å²) in [6.45, 7) is 4.00. The third-order valence-electron chi connectivity index (χ3n) is 4.40. The van der Waals surface area contributed by atoms with Gasteiger partial charge in [-0.05, 0) is 44.7 Å². The minimum atomic E-state index is 0.0531. The molecule has 3 nitrogen and oxygen atoms in total. The topological polar surface area (TPSA) is 38.3 Å². The number of hydrogen-bond acceptors (Lipinski definition) is 3. The number of aryl methyl sites for hydroxylation is 1. The molecule has 0 saturated heterocycles. The summed E-state index contributed by atoms with van der Waals surface area (Å²) in [6, 6.07) is 2.05. The normalized spacial score (nSPS) is 20.1. The molecule has 96 valence electrons. The number of anilines is 1. The fourth-order valence-electron chi connectivity index (χ4n) is 3.37. The number of hydrogen-bond donors (Lipinski definition) is 1. The summed E-state index contributed by atoms with van der Waals surface area (Å²) in [4.78, 5) is 12.4. The lowest BCUT2D eigenvalue weighted by Crippen LogP contribution is -2.49. The van der Waals surface area contributed by atoms with Gasteiger partial charge in [0.15, 0.2) is 5.78 Å². The molecular weight excluding hydrogens is 226 g/mol. The average molecular weight is 245 g/mol. The van der Waals surface area contributed by atoms with E-state index in [2.05, 4.69) is 11.4 Å². The molecule has 3 rings (SSSR count). The van der Waals surface area contributed by atoms with Crippen LogP contribution in [0.4, 0.5) is 5.69 Å². The van der Waals surface area contributed by atoms with Crippen molar-refractivity contribution in [3.05, 3.63) is 22.8 Å². The highest BCUT2D eigenvalue weighted by molar-refractivity contribution is 6.06. The fourth-order valence-corrected chi connectivity index (χ4v) is 3.37. The Balaban J connectivity index is 2.13. The zero-order chi connectivity index (χ0) is 12.9. The van der Waals surface area contributed by atoms with Gasteiger partial charge in [-0.1, -0.05) is 0 Å². The molecule has 3 heteroatoms. The highest BCUT2D eigenvalue weighted by atomic mass is 16.5. The Morgan fingerprint density at radius 1 is 1.33 bits per heavy atom. The van der Waals surface area contributed by atoms with Gasteiger partial charge < -0.3 is 10.1 Å². The van der Waals surface area contributed by atoms with E-state index in [9.17, 15) is 4.79 Å². The third kappa shape index (κ3) is 1.46. The van der Waals surface area contributed by atoms with Gasteiger partial charge >= 0.3 is 0 Å². The monoisotopic (exact) mass is 245 g/mol. The van der Waals surface area contributed by atoms with E-state index in [1.54, 1.807) is 7.11 Å². The van der Waals surface area contributed by atoms with E-state index in [0.717, 1.165) is 41.0 Å². The molecular formula is C15H19NO2. The van der Waals surface area contributed by atoms with E-state index in [1.165, 1.54) is 6.42 Å². The number of fused-ring (bicyclic) bond motifs is 1. The minimum absolute atomic E-state index is 0.0531. The SMILES string of the molecule is COc1c(C)cc2c(c1C)C(=O)CC1(CCC1)N2. The number of methoxy groups -OCH3 is 1. The van der Waals surface area contributed by atoms with Crippen molar-refractivity contribution in [2.75, 3.05) is 12.4 Å². The first-order valence-electron chi connectivity index (χ1n) is 6.56. The molecule has 0 unspecified atom stereocenters. The summed E-state index contributed by atoms with van der Waals surface area (Å²) < 4.78 is 5.40. The Kier molecular flexibility index (Phi) is 2.40. The molecule has 1 spiro atoms. The molecule has 18 heavy (non-hydrogen) atoms. The Morgan fingerprint density at radius 2 is 2.06 bits per heavy atom. The van der Waals surface area contributed by atoms with Gasteiger partial charge in [0.05, 0.1) is 7.11 Å². The lowest BCUT2D eigenvalue weighted by atomic mass is 9.70. The van der Waals surface area contributed by atoms with Crippen LogP contribution in [0.1, 0.15) is 47.2 Å². The number of Topliss-reactive ketones (excluding diaryl/α,β-unsaturated/α-hetero) is 1. The summed E-state index contributed by atoms with van der Waals surface area (Å²) in [5, 5.41) is 3.60. The van der Waals surface area contributed by atoms with Crippen LogP contribution < -0.4 is 10.1 Å². The first-order valence-corrected chi connectivity index (χ1v) is 6.56. The molecule has 0 aromatic heterocycles. The molecule has 1 N–H and O–H groups in total. The summed E-state index contributed by atoms with van der Waals surface area (Å²) in [5.41, 5.74) is 3.94. The second-order valence-electron chi connectivity index (χ2n) is 5.63. The lowest BCUT2D eigenvalue weighted by Gasteiger charge is -2.46. The van der Waals surface area contributed by atoms with Gasteiger partial charge in [0.2, 0.25) is 0 Å². The van der Waals surface area contributed by atoms with Gasteiger partial charge in [-0.3, -0.25) is 4.79 Å². The van der Waals surface area contributed by atoms with Crippen molar-refractivity contribution >= 4 is 11.5 Å². The molecule has 1 aliphatic carbocycles. The molecule has 1 heterocycles. The zero-order valence-corrected chi connectivity index (χ0v) is 11.2. The van der Waals surface area contributed by atoms with Crippen LogP contribution in [0.25, 0.3) is 0 Å². The van der Waals surface area contributed by atoms with Crippen LogP contribution in [-0.4, -0.2) is 18.4 Å². The van der Waals surface area contributed by atoms with Crippen molar-refractivity contribution in [2.24, 2.45) is 0 Å². The minimum Gasteiger partial charge on any atom is -0.496 e. The number of ether oxygens (including phenoxy) is 1. The first-order chi connectivity index (χ1) is 8.56. The van der Waals surface area contributed by atoms with Crippen LogP contribution >= 0.6 is 0 Å². The van der Waals surface area contributed by atoms with Crippen LogP contribution in [0.3, 0.4) is 0 Å². The van der Waals surface area contributed by atoms with Gasteiger partial charge in [-0.2, -0.15) is 0 Å². The van der Waals surface area contributed by atoms with Crippen molar-refractivity contribution in [3.63, 3.8) is 0 Å². The Morgan fingerprint density at radius 3 is 2.61 bits per heavy atom. The third-order valence-corrected chi connectivity index (χ3v) is 4.40. The van der Waals surface area contributed by atoms with Crippen molar-refractivity contribution in [3.8, 4) is 5.75 Å². The lowest BCUT2D eigenvalue weighted by molar-refractivity contribution is 0.0913. The molecule has 0 atom stereocenters. The number of ketones is 1. The van der Waals surface area contributed by atoms with E-state index >= 15 is 0 Å². The first kappa shape index (κ1) is 11.6. The molecule has 1 fully saturated rings. The second-order valence-corrected chi connectivity index (χ2v) is 5.63. The van der Waals surface area contributed by atoms with Crippen LogP contribution in [0.5, 0.6) is 5.75 Å². The quantitative estimate of drug-likeness (QED) is 0.825. The van der Waals surface area contributed by atoms with E-state index in [-0.39, 0.29) is 11.3 Å². The van der Waals surface area contributed by atoms with Crippen molar-refractivity contribution in [2.45, 2.75) is 45.1 Å². The average Bonchev–Trinajstić information content (AvgIpc) is 2.26. The van der Waals surface area contributed by atoms with Gasteiger partial charge in [-0.25, -0.2) is 0 Å². The largest absolute Gasteiger partial charge is 0.496 e. The van der Waals surface area contributed by atoms with Crippen LogP contribution in [0.2, 0.25) is 0 Å². The number of benzene rings is 1. The van der Waals surface area contributed by atoms with Gasteiger partial charge in [0.1, 0.15) is 5.75 Å². The molecule has 0 amide bonds.